The fourth-order valence-electron chi connectivity index (χ4n) is 1.89. The maximum Gasteiger partial charge on any atom is 0.265 e. The highest BCUT2D eigenvalue weighted by Crippen LogP contribution is 2.20. The summed E-state index contributed by atoms with van der Waals surface area (Å²) < 4.78 is 19.1. The van der Waals surface area contributed by atoms with Gasteiger partial charge in [-0.05, 0) is 37.3 Å². The number of hydrogen-bond donors (Lipinski definition) is 2. The predicted molar refractivity (Wildman–Crippen MR) is 85.9 cm³/mol. The van der Waals surface area contributed by atoms with Crippen LogP contribution in [-0.2, 0) is 9.59 Å². The van der Waals surface area contributed by atoms with E-state index < -0.39 is 17.8 Å². The van der Waals surface area contributed by atoms with Crippen LogP contribution >= 0.6 is 0 Å². The summed E-state index contributed by atoms with van der Waals surface area (Å²) in [7, 11) is 0. The van der Waals surface area contributed by atoms with E-state index in [0.29, 0.717) is 11.4 Å². The molecule has 2 N–H and O–H groups in total. The first-order valence-corrected chi connectivity index (χ1v) is 7.05. The van der Waals surface area contributed by atoms with Gasteiger partial charge in [0.2, 0.25) is 5.91 Å². The number of nitrogens with one attached hydrogen (secondary N) is 2. The predicted octanol–water partition coefficient (Wildman–Crippen LogP) is 3.19. The van der Waals surface area contributed by atoms with Gasteiger partial charge in [0.15, 0.2) is 6.10 Å². The Morgan fingerprint density at radius 3 is 2.43 bits per heavy atom. The van der Waals surface area contributed by atoms with Gasteiger partial charge in [0.1, 0.15) is 11.6 Å². The minimum Gasteiger partial charge on any atom is -0.481 e. The van der Waals surface area contributed by atoms with Gasteiger partial charge >= 0.3 is 0 Å². The first-order chi connectivity index (χ1) is 11.0. The highest BCUT2D eigenvalue weighted by Gasteiger charge is 2.15. The van der Waals surface area contributed by atoms with Crippen LogP contribution in [0, 0.1) is 5.82 Å². The van der Waals surface area contributed by atoms with E-state index in [1.54, 1.807) is 31.2 Å². The van der Waals surface area contributed by atoms with Gasteiger partial charge in [-0.15, -0.1) is 0 Å². The molecular formula is C17H17FN2O3. The Morgan fingerprint density at radius 1 is 1.09 bits per heavy atom. The minimum absolute atomic E-state index is 0.00642. The molecule has 6 heteroatoms. The monoisotopic (exact) mass is 316 g/mol. The number of ether oxygens (including phenoxy) is 1. The quantitative estimate of drug-likeness (QED) is 0.890. The largest absolute Gasteiger partial charge is 0.481 e. The van der Waals surface area contributed by atoms with Crippen molar-refractivity contribution in [2.75, 3.05) is 10.6 Å². The van der Waals surface area contributed by atoms with Crippen molar-refractivity contribution in [1.29, 1.82) is 0 Å². The molecule has 2 amide bonds. The molecule has 23 heavy (non-hydrogen) atoms. The molecule has 0 spiro atoms. The van der Waals surface area contributed by atoms with E-state index >= 15 is 0 Å². The number of halogens is 1. The summed E-state index contributed by atoms with van der Waals surface area (Å²) >= 11 is 0. The van der Waals surface area contributed by atoms with E-state index in [4.69, 9.17) is 4.74 Å². The van der Waals surface area contributed by atoms with Crippen LogP contribution in [0.15, 0.2) is 48.5 Å². The first-order valence-electron chi connectivity index (χ1n) is 7.05. The number of benzene rings is 2. The van der Waals surface area contributed by atoms with Gasteiger partial charge in [-0.25, -0.2) is 4.39 Å². The molecule has 0 heterocycles. The standard InChI is InChI=1S/C17H17FN2O3/c1-11(23-14-6-4-3-5-7-14)17(22)20-13-8-9-15(18)16(10-13)19-12(2)21/h3-11H,1-2H3,(H,19,21)(H,20,22). The summed E-state index contributed by atoms with van der Waals surface area (Å²) in [6.45, 7) is 2.89. The summed E-state index contributed by atoms with van der Waals surface area (Å²) in [4.78, 5) is 23.1. The number of carbonyl (C=O) groups is 2. The van der Waals surface area contributed by atoms with Crippen LogP contribution < -0.4 is 15.4 Å². The number of rotatable bonds is 5. The van der Waals surface area contributed by atoms with Gasteiger partial charge in [0.05, 0.1) is 5.69 Å². The number of para-hydroxylation sites is 1. The SMILES string of the molecule is CC(=O)Nc1cc(NC(=O)C(C)Oc2ccccc2)ccc1F. The van der Waals surface area contributed by atoms with E-state index in [1.807, 2.05) is 6.07 Å². The van der Waals surface area contributed by atoms with Crippen LogP contribution in [0.25, 0.3) is 0 Å². The lowest BCUT2D eigenvalue weighted by Crippen LogP contribution is -2.30. The Labute approximate surface area is 133 Å². The third-order valence-electron chi connectivity index (χ3n) is 2.97. The third-order valence-corrected chi connectivity index (χ3v) is 2.97. The van der Waals surface area contributed by atoms with Crippen molar-refractivity contribution < 1.29 is 18.7 Å². The Bertz CT molecular complexity index is 704. The van der Waals surface area contributed by atoms with E-state index in [-0.39, 0.29) is 11.6 Å². The topological polar surface area (TPSA) is 67.4 Å². The second-order valence-corrected chi connectivity index (χ2v) is 4.94. The van der Waals surface area contributed by atoms with E-state index in [0.717, 1.165) is 0 Å². The third kappa shape index (κ3) is 4.81. The number of carbonyl (C=O) groups excluding carboxylic acids is 2. The van der Waals surface area contributed by atoms with Crippen molar-refractivity contribution in [1.82, 2.24) is 0 Å². The highest BCUT2D eigenvalue weighted by atomic mass is 19.1. The number of amides is 2. The van der Waals surface area contributed by atoms with E-state index in [2.05, 4.69) is 10.6 Å². The molecule has 2 aromatic rings. The molecule has 0 saturated carbocycles. The molecule has 120 valence electrons. The van der Waals surface area contributed by atoms with Crippen molar-refractivity contribution in [2.24, 2.45) is 0 Å². The van der Waals surface area contributed by atoms with Crippen LogP contribution in [0.4, 0.5) is 15.8 Å². The fourth-order valence-corrected chi connectivity index (χ4v) is 1.89. The smallest absolute Gasteiger partial charge is 0.265 e. The molecule has 0 bridgehead atoms. The molecule has 1 unspecified atom stereocenters. The number of hydrogen-bond acceptors (Lipinski definition) is 3. The van der Waals surface area contributed by atoms with E-state index in [1.165, 1.54) is 25.1 Å². The zero-order valence-electron chi connectivity index (χ0n) is 12.8. The van der Waals surface area contributed by atoms with Crippen molar-refractivity contribution in [3.05, 3.63) is 54.3 Å². The summed E-state index contributed by atoms with van der Waals surface area (Å²) in [5, 5.41) is 4.98. The molecule has 5 nitrogen and oxygen atoms in total. The molecule has 0 aliphatic carbocycles. The number of anilines is 2. The Kier molecular flexibility index (Phi) is 5.30. The van der Waals surface area contributed by atoms with Gasteiger partial charge < -0.3 is 15.4 Å². The summed E-state index contributed by atoms with van der Waals surface area (Å²) in [5.74, 6) is -0.776. The first kappa shape index (κ1) is 16.5. The second-order valence-electron chi connectivity index (χ2n) is 4.94. The molecule has 2 rings (SSSR count). The molecule has 0 aromatic heterocycles. The van der Waals surface area contributed by atoms with Gasteiger partial charge in [-0.2, -0.15) is 0 Å². The van der Waals surface area contributed by atoms with Crippen molar-refractivity contribution in [3.63, 3.8) is 0 Å². The molecule has 0 saturated heterocycles. The Morgan fingerprint density at radius 2 is 1.78 bits per heavy atom. The second kappa shape index (κ2) is 7.40. The van der Waals surface area contributed by atoms with Crippen LogP contribution in [0.2, 0.25) is 0 Å². The van der Waals surface area contributed by atoms with Crippen LogP contribution in [0.5, 0.6) is 5.75 Å². The molecule has 2 aromatic carbocycles. The van der Waals surface area contributed by atoms with Gasteiger partial charge in [0, 0.05) is 12.6 Å². The summed E-state index contributed by atoms with van der Waals surface area (Å²) in [5.41, 5.74) is 0.371. The Balaban J connectivity index is 2.03. The lowest BCUT2D eigenvalue weighted by molar-refractivity contribution is -0.122. The maximum absolute atomic E-state index is 13.6. The molecule has 0 radical (unpaired) electrons. The lowest BCUT2D eigenvalue weighted by Gasteiger charge is -2.15. The van der Waals surface area contributed by atoms with Gasteiger partial charge in [-0.3, -0.25) is 9.59 Å². The molecule has 0 fully saturated rings. The Hall–Kier alpha value is -2.89. The van der Waals surface area contributed by atoms with Crippen molar-refractivity contribution >= 4 is 23.2 Å². The van der Waals surface area contributed by atoms with E-state index in [9.17, 15) is 14.0 Å². The van der Waals surface area contributed by atoms with Crippen molar-refractivity contribution in [3.8, 4) is 5.75 Å². The lowest BCUT2D eigenvalue weighted by atomic mass is 10.2. The average molecular weight is 316 g/mol. The van der Waals surface area contributed by atoms with Crippen molar-refractivity contribution in [2.45, 2.75) is 20.0 Å². The van der Waals surface area contributed by atoms with Crippen LogP contribution in [0.1, 0.15) is 13.8 Å². The zero-order valence-corrected chi connectivity index (χ0v) is 12.8. The van der Waals surface area contributed by atoms with Crippen LogP contribution in [-0.4, -0.2) is 17.9 Å². The maximum atomic E-state index is 13.6. The average Bonchev–Trinajstić information content (AvgIpc) is 2.51. The van der Waals surface area contributed by atoms with Gasteiger partial charge in [0.25, 0.3) is 5.91 Å². The highest BCUT2D eigenvalue weighted by molar-refractivity contribution is 5.95. The molecule has 0 aliphatic heterocycles. The minimum atomic E-state index is -0.730. The van der Waals surface area contributed by atoms with Gasteiger partial charge in [-0.1, -0.05) is 18.2 Å². The summed E-state index contributed by atoms with van der Waals surface area (Å²) in [6.07, 6.45) is -0.730. The zero-order chi connectivity index (χ0) is 16.8. The molecule has 1 atom stereocenters. The summed E-state index contributed by atoms with van der Waals surface area (Å²) in [6, 6.07) is 12.9. The van der Waals surface area contributed by atoms with Crippen LogP contribution in [0.3, 0.4) is 0 Å². The molecule has 0 aliphatic rings. The molecular weight excluding hydrogens is 299 g/mol. The normalized spacial score (nSPS) is 11.4. The fraction of sp³-hybridized carbons (Fsp3) is 0.176.